The van der Waals surface area contributed by atoms with Gasteiger partial charge in [-0.2, -0.15) is 0 Å². The smallest absolute Gasteiger partial charge is 0.220 e. The molecule has 1 saturated heterocycles. The van der Waals surface area contributed by atoms with Crippen molar-refractivity contribution in [3.63, 3.8) is 0 Å². The van der Waals surface area contributed by atoms with Crippen LogP contribution in [0, 0.1) is 0 Å². The molecule has 1 heterocycles. The van der Waals surface area contributed by atoms with E-state index in [9.17, 15) is 30.3 Å². The molecule has 7 atom stereocenters. The van der Waals surface area contributed by atoms with Crippen molar-refractivity contribution in [2.24, 2.45) is 0 Å². The minimum Gasteiger partial charge on any atom is -0.394 e. The highest BCUT2D eigenvalue weighted by Gasteiger charge is 2.44. The van der Waals surface area contributed by atoms with Gasteiger partial charge in [-0.3, -0.25) is 4.79 Å². The van der Waals surface area contributed by atoms with E-state index in [4.69, 9.17) is 9.47 Å². The van der Waals surface area contributed by atoms with Crippen molar-refractivity contribution >= 4 is 5.91 Å². The largest absolute Gasteiger partial charge is 0.394 e. The molecule has 0 aromatic carbocycles. The summed E-state index contributed by atoms with van der Waals surface area (Å²) in [5.74, 6) is -0.138. The second kappa shape index (κ2) is 53.3. The average Bonchev–Trinajstić information content (AvgIpc) is 3.38. The maximum Gasteiger partial charge on any atom is 0.220 e. The van der Waals surface area contributed by atoms with Gasteiger partial charge in [0.2, 0.25) is 5.91 Å². The Morgan fingerprint density at radius 1 is 0.458 bits per heavy atom. The van der Waals surface area contributed by atoms with Crippen LogP contribution in [0.2, 0.25) is 0 Å². The molecule has 1 rings (SSSR count). The third-order valence-corrected chi connectivity index (χ3v) is 15.6. The number of aliphatic hydroxyl groups excluding tert-OH is 5. The molecule has 0 saturated carbocycles. The number of amides is 1. The van der Waals surface area contributed by atoms with Crippen LogP contribution in [0.5, 0.6) is 0 Å². The molecule has 0 spiro atoms. The Morgan fingerprint density at radius 3 is 1.12 bits per heavy atom. The topological polar surface area (TPSA) is 149 Å². The molecule has 1 fully saturated rings. The minimum absolute atomic E-state index is 0.133. The number of nitrogens with one attached hydrogen (secondary N) is 1. The van der Waals surface area contributed by atoms with E-state index in [1.807, 2.05) is 0 Å². The van der Waals surface area contributed by atoms with Crippen molar-refractivity contribution in [2.45, 2.75) is 371 Å². The maximum absolute atomic E-state index is 13.1. The van der Waals surface area contributed by atoms with Crippen LogP contribution < -0.4 is 5.32 Å². The van der Waals surface area contributed by atoms with Crippen molar-refractivity contribution in [2.75, 3.05) is 13.2 Å². The molecular formula is C63H123NO8. The summed E-state index contributed by atoms with van der Waals surface area (Å²) in [6.07, 6.45) is 59.7. The van der Waals surface area contributed by atoms with Gasteiger partial charge >= 0.3 is 0 Å². The first-order valence-corrected chi connectivity index (χ1v) is 31.9. The lowest BCUT2D eigenvalue weighted by atomic mass is 9.99. The summed E-state index contributed by atoms with van der Waals surface area (Å²) in [6.45, 7) is 3.89. The second-order valence-corrected chi connectivity index (χ2v) is 22.6. The summed E-state index contributed by atoms with van der Waals surface area (Å²) < 4.78 is 11.3. The molecule has 72 heavy (non-hydrogen) atoms. The standard InChI is InChI=1S/C63H123NO8/c1-3-5-7-9-11-13-15-17-19-21-23-25-26-27-28-29-30-31-32-33-35-37-39-41-43-45-47-49-51-53-59(67)64-56(55-71-63-62(70)61(69)60(68)58(54-65)72-63)57(66)52-50-48-46-44-42-40-38-36-34-24-22-20-18-16-14-12-10-8-6-4-2/h27-28,56-58,60-63,65-66,68-70H,3-26,29-55H2,1-2H3,(H,64,67)/b28-27-. The Labute approximate surface area is 446 Å². The molecule has 6 N–H and O–H groups in total. The first-order chi connectivity index (χ1) is 35.3. The first kappa shape index (κ1) is 68.9. The summed E-state index contributed by atoms with van der Waals surface area (Å²) in [7, 11) is 0. The van der Waals surface area contributed by atoms with E-state index in [0.29, 0.717) is 12.8 Å². The van der Waals surface area contributed by atoms with Crippen LogP contribution in [0.25, 0.3) is 0 Å². The predicted octanol–water partition coefficient (Wildman–Crippen LogP) is 16.4. The number of ether oxygens (including phenoxy) is 2. The van der Waals surface area contributed by atoms with Crippen LogP contribution in [-0.4, -0.2) is 87.5 Å². The SMILES string of the molecule is CCCCCCCCCCCCCC/C=C\CCCCCCCCCCCCCCCC(=O)NC(COC1OC(CO)C(O)C(O)C1O)C(O)CCCCCCCCCCCCCCCCCCCCCC. The van der Waals surface area contributed by atoms with Gasteiger partial charge in [-0.05, 0) is 38.5 Å². The van der Waals surface area contributed by atoms with Gasteiger partial charge < -0.3 is 40.3 Å². The van der Waals surface area contributed by atoms with Gasteiger partial charge in [0.1, 0.15) is 24.4 Å². The number of unbranched alkanes of at least 4 members (excludes halogenated alkanes) is 44. The highest BCUT2D eigenvalue weighted by Crippen LogP contribution is 2.24. The van der Waals surface area contributed by atoms with E-state index in [0.717, 1.165) is 38.5 Å². The number of carbonyl (C=O) groups excluding carboxylic acids is 1. The highest BCUT2D eigenvalue weighted by atomic mass is 16.7. The normalized spacial score (nSPS) is 19.1. The number of aliphatic hydroxyl groups is 5. The number of hydrogen-bond donors (Lipinski definition) is 6. The fourth-order valence-electron chi connectivity index (χ4n) is 10.6. The molecule has 7 unspecified atom stereocenters. The van der Waals surface area contributed by atoms with E-state index in [2.05, 4.69) is 31.3 Å². The Bertz CT molecular complexity index is 1140. The molecule has 0 aromatic heterocycles. The summed E-state index contributed by atoms with van der Waals surface area (Å²) >= 11 is 0. The van der Waals surface area contributed by atoms with Crippen LogP contribution in [0.4, 0.5) is 0 Å². The van der Waals surface area contributed by atoms with Gasteiger partial charge in [0.25, 0.3) is 0 Å². The lowest BCUT2D eigenvalue weighted by Crippen LogP contribution is -2.60. The van der Waals surface area contributed by atoms with Gasteiger partial charge in [0, 0.05) is 6.42 Å². The van der Waals surface area contributed by atoms with E-state index in [-0.39, 0.29) is 12.5 Å². The summed E-state index contributed by atoms with van der Waals surface area (Å²) in [5, 5.41) is 54.8. The Balaban J connectivity index is 2.13. The molecule has 9 heteroatoms. The molecule has 0 radical (unpaired) electrons. The van der Waals surface area contributed by atoms with Gasteiger partial charge in [-0.1, -0.05) is 296 Å². The Morgan fingerprint density at radius 2 is 0.778 bits per heavy atom. The second-order valence-electron chi connectivity index (χ2n) is 22.6. The van der Waals surface area contributed by atoms with Gasteiger partial charge in [-0.25, -0.2) is 0 Å². The zero-order valence-electron chi connectivity index (χ0n) is 47.7. The fraction of sp³-hybridized carbons (Fsp3) is 0.952. The van der Waals surface area contributed by atoms with Crippen molar-refractivity contribution < 1.29 is 39.8 Å². The molecule has 0 aliphatic carbocycles. The van der Waals surface area contributed by atoms with Crippen LogP contribution >= 0.6 is 0 Å². The monoisotopic (exact) mass is 1020 g/mol. The third-order valence-electron chi connectivity index (χ3n) is 15.6. The van der Waals surface area contributed by atoms with Crippen LogP contribution in [0.1, 0.15) is 328 Å². The number of allylic oxidation sites excluding steroid dienone is 2. The van der Waals surface area contributed by atoms with E-state index < -0.39 is 49.5 Å². The lowest BCUT2D eigenvalue weighted by molar-refractivity contribution is -0.302. The van der Waals surface area contributed by atoms with Crippen LogP contribution in [0.15, 0.2) is 12.2 Å². The third kappa shape index (κ3) is 42.1. The summed E-state index contributed by atoms with van der Waals surface area (Å²) in [4.78, 5) is 13.1. The lowest BCUT2D eigenvalue weighted by Gasteiger charge is -2.40. The van der Waals surface area contributed by atoms with Crippen molar-refractivity contribution in [3.8, 4) is 0 Å². The number of carbonyl (C=O) groups is 1. The predicted molar refractivity (Wildman–Crippen MR) is 304 cm³/mol. The number of hydrogen-bond acceptors (Lipinski definition) is 8. The van der Waals surface area contributed by atoms with Gasteiger partial charge in [0.15, 0.2) is 6.29 Å². The average molecular weight is 1020 g/mol. The molecule has 1 amide bonds. The van der Waals surface area contributed by atoms with Gasteiger partial charge in [-0.15, -0.1) is 0 Å². The van der Waals surface area contributed by atoms with Gasteiger partial charge in [0.05, 0.1) is 25.4 Å². The molecule has 1 aliphatic heterocycles. The molecule has 1 aliphatic rings. The van der Waals surface area contributed by atoms with E-state index in [1.54, 1.807) is 0 Å². The maximum atomic E-state index is 13.1. The van der Waals surface area contributed by atoms with Crippen molar-refractivity contribution in [3.05, 3.63) is 12.2 Å². The highest BCUT2D eigenvalue weighted by molar-refractivity contribution is 5.76. The molecule has 428 valence electrons. The zero-order valence-corrected chi connectivity index (χ0v) is 47.7. The summed E-state index contributed by atoms with van der Waals surface area (Å²) in [6, 6.07) is -0.717. The Kier molecular flexibility index (Phi) is 51.1. The molecule has 0 bridgehead atoms. The van der Waals surface area contributed by atoms with E-state index >= 15 is 0 Å². The zero-order chi connectivity index (χ0) is 52.2. The number of rotatable bonds is 56. The van der Waals surface area contributed by atoms with Crippen LogP contribution in [0.3, 0.4) is 0 Å². The summed E-state index contributed by atoms with van der Waals surface area (Å²) in [5.41, 5.74) is 0. The molecule has 0 aromatic rings. The Hall–Kier alpha value is -1.07. The molecule has 9 nitrogen and oxygen atoms in total. The fourth-order valence-corrected chi connectivity index (χ4v) is 10.6. The molecular weight excluding hydrogens is 899 g/mol. The first-order valence-electron chi connectivity index (χ1n) is 31.9. The quantitative estimate of drug-likeness (QED) is 0.0261. The minimum atomic E-state index is -1.55. The van der Waals surface area contributed by atoms with Crippen molar-refractivity contribution in [1.29, 1.82) is 0 Å². The van der Waals surface area contributed by atoms with Crippen LogP contribution in [-0.2, 0) is 14.3 Å². The van der Waals surface area contributed by atoms with E-state index in [1.165, 1.54) is 263 Å². The van der Waals surface area contributed by atoms with Crippen molar-refractivity contribution in [1.82, 2.24) is 5.32 Å².